The van der Waals surface area contributed by atoms with Crippen LogP contribution in [0.1, 0.15) is 0 Å². The van der Waals surface area contributed by atoms with Crippen LogP contribution in [0.5, 0.6) is 11.5 Å². The van der Waals surface area contributed by atoms with Gasteiger partial charge < -0.3 is 14.9 Å². The Kier molecular flexibility index (Phi) is 10.7. The summed E-state index contributed by atoms with van der Waals surface area (Å²) in [6.45, 7) is 0. The third kappa shape index (κ3) is 12.2. The zero-order valence-electron chi connectivity index (χ0n) is 12.0. The maximum atomic E-state index is 9.13. The standard InChI is InChI=1S/C12H10O.2CH4N2O2/c1-3-7-11(8-4-1)13-12-9-5-2-6-10-12;2*2-3-1(4)5/h1-10H;2*3H,2H2,(H,4,5). The lowest BCUT2D eigenvalue weighted by molar-refractivity contribution is 0.193. The van der Waals surface area contributed by atoms with E-state index in [1.807, 2.05) is 60.7 Å². The number of benzene rings is 2. The molecule has 0 fully saturated rings. The summed E-state index contributed by atoms with van der Waals surface area (Å²) in [5.74, 6) is 10.4. The van der Waals surface area contributed by atoms with Gasteiger partial charge in [-0.1, -0.05) is 36.4 Å². The number of para-hydroxylation sites is 2. The fourth-order valence-electron chi connectivity index (χ4n) is 1.11. The second-order valence-corrected chi connectivity index (χ2v) is 3.63. The van der Waals surface area contributed by atoms with E-state index in [-0.39, 0.29) is 0 Å². The van der Waals surface area contributed by atoms with Crippen LogP contribution in [0.15, 0.2) is 60.7 Å². The Bertz CT molecular complexity index is 514. The van der Waals surface area contributed by atoms with Gasteiger partial charge in [0.25, 0.3) is 0 Å². The minimum Gasteiger partial charge on any atom is -0.464 e. The topological polar surface area (TPSA) is 160 Å². The van der Waals surface area contributed by atoms with Gasteiger partial charge in [0.15, 0.2) is 0 Å². The molecule has 124 valence electrons. The first-order chi connectivity index (χ1) is 11.0. The minimum atomic E-state index is -1.22. The predicted octanol–water partition coefficient (Wildman–Crippen LogP) is 1.73. The highest BCUT2D eigenvalue weighted by Crippen LogP contribution is 2.19. The zero-order chi connectivity index (χ0) is 17.5. The summed E-state index contributed by atoms with van der Waals surface area (Å²) in [7, 11) is 0. The van der Waals surface area contributed by atoms with Gasteiger partial charge >= 0.3 is 12.2 Å². The molecule has 2 aromatic carbocycles. The molecule has 0 bridgehead atoms. The molecule has 9 heteroatoms. The lowest BCUT2D eigenvalue weighted by atomic mass is 10.3. The fourth-order valence-corrected chi connectivity index (χ4v) is 1.11. The first kappa shape index (κ1) is 19.7. The molecule has 2 amide bonds. The van der Waals surface area contributed by atoms with Gasteiger partial charge in [-0.25, -0.2) is 21.3 Å². The second kappa shape index (κ2) is 12.4. The van der Waals surface area contributed by atoms with Crippen molar-refractivity contribution in [3.63, 3.8) is 0 Å². The average Bonchev–Trinajstić information content (AvgIpc) is 2.58. The third-order valence-corrected chi connectivity index (χ3v) is 1.97. The molecule has 0 radical (unpaired) electrons. The molecule has 0 aliphatic heterocycles. The average molecular weight is 322 g/mol. The van der Waals surface area contributed by atoms with Crippen LogP contribution in [0.25, 0.3) is 0 Å². The molecule has 0 spiro atoms. The number of ether oxygens (including phenoxy) is 1. The monoisotopic (exact) mass is 322 g/mol. The molecule has 8 N–H and O–H groups in total. The van der Waals surface area contributed by atoms with E-state index in [1.54, 1.807) is 0 Å². The van der Waals surface area contributed by atoms with E-state index in [1.165, 1.54) is 10.9 Å². The number of carbonyl (C=O) groups is 2. The molecule has 0 saturated carbocycles. The van der Waals surface area contributed by atoms with Crippen molar-refractivity contribution in [1.82, 2.24) is 10.9 Å². The molecule has 0 heterocycles. The third-order valence-electron chi connectivity index (χ3n) is 1.97. The van der Waals surface area contributed by atoms with Crippen LogP contribution in [0, 0.1) is 0 Å². The maximum absolute atomic E-state index is 9.13. The Morgan fingerprint density at radius 1 is 0.739 bits per heavy atom. The van der Waals surface area contributed by atoms with Gasteiger partial charge in [-0.3, -0.25) is 10.9 Å². The molecular weight excluding hydrogens is 304 g/mol. The van der Waals surface area contributed by atoms with Crippen molar-refractivity contribution in [3.8, 4) is 11.5 Å². The lowest BCUT2D eigenvalue weighted by Gasteiger charge is -2.03. The lowest BCUT2D eigenvalue weighted by Crippen LogP contribution is -2.27. The van der Waals surface area contributed by atoms with Crippen LogP contribution in [0.2, 0.25) is 0 Å². The van der Waals surface area contributed by atoms with Crippen molar-refractivity contribution >= 4 is 12.2 Å². The highest BCUT2D eigenvalue weighted by atomic mass is 16.5. The summed E-state index contributed by atoms with van der Waals surface area (Å²) < 4.78 is 5.58. The van der Waals surface area contributed by atoms with Gasteiger partial charge in [-0.2, -0.15) is 0 Å². The van der Waals surface area contributed by atoms with E-state index in [9.17, 15) is 0 Å². The van der Waals surface area contributed by atoms with Crippen molar-refractivity contribution in [3.05, 3.63) is 60.7 Å². The second-order valence-electron chi connectivity index (χ2n) is 3.63. The highest BCUT2D eigenvalue weighted by molar-refractivity contribution is 5.63. The number of hydrogen-bond donors (Lipinski definition) is 6. The van der Waals surface area contributed by atoms with Crippen LogP contribution in [-0.2, 0) is 0 Å². The van der Waals surface area contributed by atoms with Crippen LogP contribution in [0.3, 0.4) is 0 Å². The molecule has 0 unspecified atom stereocenters. The molecule has 9 nitrogen and oxygen atoms in total. The quantitative estimate of drug-likeness (QED) is 0.279. The van der Waals surface area contributed by atoms with E-state index in [0.717, 1.165) is 11.5 Å². The number of hydrogen-bond acceptors (Lipinski definition) is 5. The van der Waals surface area contributed by atoms with Gasteiger partial charge in [-0.15, -0.1) is 0 Å². The summed E-state index contributed by atoms with van der Waals surface area (Å²) in [6.07, 6.45) is -2.44. The number of hydrazine groups is 2. The first-order valence-electron chi connectivity index (χ1n) is 6.16. The number of amides is 2. The summed E-state index contributed by atoms with van der Waals surface area (Å²) in [6, 6.07) is 19.5. The van der Waals surface area contributed by atoms with Gasteiger partial charge in [0.1, 0.15) is 11.5 Å². The molecule has 0 saturated heterocycles. The van der Waals surface area contributed by atoms with Gasteiger partial charge in [0, 0.05) is 0 Å². The Hall–Kier alpha value is -3.30. The van der Waals surface area contributed by atoms with Crippen LogP contribution in [-0.4, -0.2) is 22.4 Å². The van der Waals surface area contributed by atoms with E-state index in [2.05, 4.69) is 11.7 Å². The van der Waals surface area contributed by atoms with E-state index >= 15 is 0 Å². The fraction of sp³-hybridized carbons (Fsp3) is 0. The van der Waals surface area contributed by atoms with E-state index in [0.29, 0.717) is 0 Å². The van der Waals surface area contributed by atoms with E-state index < -0.39 is 12.2 Å². The van der Waals surface area contributed by atoms with Crippen molar-refractivity contribution in [1.29, 1.82) is 0 Å². The van der Waals surface area contributed by atoms with E-state index in [4.69, 9.17) is 24.5 Å². The summed E-state index contributed by atoms with van der Waals surface area (Å²) in [5, 5.41) is 15.0. The van der Waals surface area contributed by atoms with Gasteiger partial charge in [0.05, 0.1) is 0 Å². The summed E-state index contributed by atoms with van der Waals surface area (Å²) in [4.78, 5) is 18.3. The van der Waals surface area contributed by atoms with Gasteiger partial charge in [0.2, 0.25) is 0 Å². The number of nitrogens with two attached hydrogens (primary N) is 2. The zero-order valence-corrected chi connectivity index (χ0v) is 12.0. The van der Waals surface area contributed by atoms with Crippen molar-refractivity contribution < 1.29 is 24.5 Å². The summed E-state index contributed by atoms with van der Waals surface area (Å²) >= 11 is 0. The Morgan fingerprint density at radius 2 is 1.00 bits per heavy atom. The highest BCUT2D eigenvalue weighted by Gasteiger charge is 1.92. The molecule has 2 aromatic rings. The smallest absolute Gasteiger partial charge is 0.418 e. The SMILES string of the molecule is NNC(=O)O.NNC(=O)O.c1ccc(Oc2ccccc2)cc1. The van der Waals surface area contributed by atoms with Gasteiger partial charge in [-0.05, 0) is 24.3 Å². The predicted molar refractivity (Wildman–Crippen MR) is 83.7 cm³/mol. The molecule has 0 aliphatic carbocycles. The number of carboxylic acid groups (broad SMARTS) is 2. The Balaban J connectivity index is 0.000000406. The number of nitrogens with one attached hydrogen (secondary N) is 2. The first-order valence-corrected chi connectivity index (χ1v) is 6.16. The van der Waals surface area contributed by atoms with Crippen LogP contribution >= 0.6 is 0 Å². The minimum absolute atomic E-state index is 0.869. The van der Waals surface area contributed by atoms with Crippen LogP contribution < -0.4 is 27.3 Å². The molecule has 0 aromatic heterocycles. The Morgan fingerprint density at radius 3 is 1.22 bits per heavy atom. The normalized spacial score (nSPS) is 8.26. The summed E-state index contributed by atoms with van der Waals surface area (Å²) in [5.41, 5.74) is 2.89. The number of rotatable bonds is 2. The largest absolute Gasteiger partial charge is 0.464 e. The molecule has 0 aliphatic rings. The molecule has 2 rings (SSSR count). The molecular formula is C14H18N4O5. The van der Waals surface area contributed by atoms with Crippen molar-refractivity contribution in [2.75, 3.05) is 0 Å². The molecule has 0 atom stereocenters. The maximum Gasteiger partial charge on any atom is 0.418 e. The van der Waals surface area contributed by atoms with Crippen molar-refractivity contribution in [2.45, 2.75) is 0 Å². The molecule has 23 heavy (non-hydrogen) atoms. The van der Waals surface area contributed by atoms with Crippen molar-refractivity contribution in [2.24, 2.45) is 11.7 Å². The Labute approximate surface area is 132 Å². The van der Waals surface area contributed by atoms with Crippen LogP contribution in [0.4, 0.5) is 9.59 Å².